The minimum atomic E-state index is -2.62. The molecule has 0 aliphatic heterocycles. The van der Waals surface area contributed by atoms with Gasteiger partial charge in [0.25, 0.3) is 0 Å². The summed E-state index contributed by atoms with van der Waals surface area (Å²) in [4.78, 5) is 21.7. The summed E-state index contributed by atoms with van der Waals surface area (Å²) in [6, 6.07) is 28.5. The predicted molar refractivity (Wildman–Crippen MR) is 109 cm³/mol. The predicted octanol–water partition coefficient (Wildman–Crippen LogP) is 3.99. The Balaban J connectivity index is 0.000000666. The Morgan fingerprint density at radius 3 is 0.926 bits per heavy atom. The Bertz CT molecular complexity index is 633. The maximum Gasteiger partial charge on any atom is 0.530 e. The van der Waals surface area contributed by atoms with Crippen LogP contribution in [0.1, 0.15) is 0 Å². The summed E-state index contributed by atoms with van der Waals surface area (Å²) in [5, 5.41) is 0. The molecule has 3 aromatic carbocycles. The molecule has 0 heterocycles. The standard InChI is InChI=1S/C18H15O3P.K.H3O3P.H/c1-4-10-16(11-5-1)19-22(20-17-12-6-2-7-13-17)21-18-14-8-3-9-15-18;;1-4(2)3;/h1-15H;;1-3H;. The van der Waals surface area contributed by atoms with E-state index in [0.717, 1.165) is 0 Å². The van der Waals surface area contributed by atoms with Gasteiger partial charge in [-0.25, -0.2) is 0 Å². The van der Waals surface area contributed by atoms with Crippen LogP contribution in [-0.2, 0) is 0 Å². The molecule has 138 valence electrons. The molecule has 6 nitrogen and oxygen atoms in total. The molecule has 0 radical (unpaired) electrons. The van der Waals surface area contributed by atoms with Crippen LogP contribution in [-0.4, -0.2) is 66.1 Å². The Morgan fingerprint density at radius 2 is 0.704 bits per heavy atom. The van der Waals surface area contributed by atoms with Gasteiger partial charge in [0.05, 0.1) is 0 Å². The van der Waals surface area contributed by atoms with Gasteiger partial charge >= 0.3 is 68.6 Å². The molecule has 0 saturated heterocycles. The molecule has 0 fully saturated rings. The smallest absolute Gasteiger partial charge is 0.409 e. The summed E-state index contributed by atoms with van der Waals surface area (Å²) in [6.07, 6.45) is 0. The zero-order valence-corrected chi connectivity index (χ0v) is 15.4. The largest absolute Gasteiger partial charge is 0.530 e. The molecule has 0 aliphatic rings. The van der Waals surface area contributed by atoms with Crippen LogP contribution in [0.2, 0.25) is 0 Å². The monoisotopic (exact) mass is 432 g/mol. The van der Waals surface area contributed by atoms with E-state index >= 15 is 0 Å². The van der Waals surface area contributed by atoms with Crippen molar-refractivity contribution in [3.8, 4) is 17.2 Å². The molecule has 0 unspecified atom stereocenters. The van der Waals surface area contributed by atoms with Gasteiger partial charge in [0, 0.05) is 0 Å². The molecular formula is C18H19KO6P2. The van der Waals surface area contributed by atoms with Gasteiger partial charge in [0.2, 0.25) is 0 Å². The minimum absolute atomic E-state index is 0. The number of hydrogen-bond donors (Lipinski definition) is 3. The molecule has 0 bridgehead atoms. The van der Waals surface area contributed by atoms with Crippen molar-refractivity contribution >= 4 is 68.6 Å². The third-order valence-corrected chi connectivity index (χ3v) is 3.85. The summed E-state index contributed by atoms with van der Waals surface area (Å²) < 4.78 is 17.5. The van der Waals surface area contributed by atoms with Crippen LogP contribution in [0.25, 0.3) is 0 Å². The molecular weight excluding hydrogens is 413 g/mol. The second-order valence-electron chi connectivity index (χ2n) is 4.70. The quantitative estimate of drug-likeness (QED) is 0.403. The maximum atomic E-state index is 7.23. The van der Waals surface area contributed by atoms with Crippen molar-refractivity contribution in [3.63, 3.8) is 0 Å². The van der Waals surface area contributed by atoms with E-state index in [1.54, 1.807) is 0 Å². The van der Waals surface area contributed by atoms with Crippen molar-refractivity contribution in [2.24, 2.45) is 0 Å². The van der Waals surface area contributed by atoms with Crippen LogP contribution in [0.15, 0.2) is 91.0 Å². The number of para-hydroxylation sites is 3. The first-order chi connectivity index (χ1) is 12.6. The summed E-state index contributed by atoms with van der Waals surface area (Å²) in [5.41, 5.74) is 0. The molecule has 3 N–H and O–H groups in total. The molecule has 3 rings (SSSR count). The average Bonchev–Trinajstić information content (AvgIpc) is 2.64. The van der Waals surface area contributed by atoms with Gasteiger partial charge in [-0.15, -0.1) is 0 Å². The molecule has 0 aromatic heterocycles. The zero-order valence-electron chi connectivity index (χ0n) is 13.6. The van der Waals surface area contributed by atoms with Gasteiger partial charge in [-0.05, 0) is 36.4 Å². The van der Waals surface area contributed by atoms with Gasteiger partial charge in [-0.2, -0.15) is 0 Å². The van der Waals surface area contributed by atoms with Crippen molar-refractivity contribution in [3.05, 3.63) is 91.0 Å². The summed E-state index contributed by atoms with van der Waals surface area (Å²) in [6.45, 7) is 0. The van der Waals surface area contributed by atoms with Crippen LogP contribution < -0.4 is 13.6 Å². The molecule has 3 aromatic rings. The van der Waals surface area contributed by atoms with Gasteiger partial charge in [0.1, 0.15) is 17.2 Å². The van der Waals surface area contributed by atoms with Crippen molar-refractivity contribution in [2.75, 3.05) is 0 Å². The Hall–Kier alpha value is -0.564. The second-order valence-corrected chi connectivity index (χ2v) is 6.24. The fourth-order valence-corrected chi connectivity index (χ4v) is 2.75. The first-order valence-corrected chi connectivity index (χ1v) is 9.79. The van der Waals surface area contributed by atoms with Gasteiger partial charge < -0.3 is 28.3 Å². The van der Waals surface area contributed by atoms with E-state index in [4.69, 9.17) is 28.3 Å². The number of benzene rings is 3. The van der Waals surface area contributed by atoms with Crippen molar-refractivity contribution in [2.45, 2.75) is 0 Å². The third-order valence-electron chi connectivity index (χ3n) is 2.77. The molecule has 0 amide bonds. The fraction of sp³-hybridized carbons (Fsp3) is 0. The maximum absolute atomic E-state index is 7.23. The van der Waals surface area contributed by atoms with E-state index in [9.17, 15) is 0 Å². The van der Waals surface area contributed by atoms with E-state index in [1.165, 1.54) is 0 Å². The van der Waals surface area contributed by atoms with Crippen LogP contribution in [0, 0.1) is 0 Å². The van der Waals surface area contributed by atoms with Gasteiger partial charge in [0.15, 0.2) is 0 Å². The van der Waals surface area contributed by atoms with Crippen LogP contribution in [0.5, 0.6) is 17.2 Å². The summed E-state index contributed by atoms with van der Waals surface area (Å²) in [5.74, 6) is 2.13. The van der Waals surface area contributed by atoms with E-state index in [1.807, 2.05) is 91.0 Å². The molecule has 0 atom stereocenters. The molecule has 9 heteroatoms. The van der Waals surface area contributed by atoms with Crippen LogP contribution in [0.3, 0.4) is 0 Å². The van der Waals surface area contributed by atoms with E-state index in [2.05, 4.69) is 0 Å². The summed E-state index contributed by atoms with van der Waals surface area (Å²) in [7, 11) is -4.21. The first kappa shape index (κ1) is 24.5. The number of rotatable bonds is 6. The molecule has 27 heavy (non-hydrogen) atoms. The Kier molecular flexibility index (Phi) is 13.1. The first-order valence-electron chi connectivity index (χ1n) is 7.49. The number of hydrogen-bond acceptors (Lipinski definition) is 6. The summed E-state index contributed by atoms with van der Waals surface area (Å²) >= 11 is 0. The van der Waals surface area contributed by atoms with Gasteiger partial charge in [-0.3, -0.25) is 0 Å². The van der Waals surface area contributed by atoms with Crippen molar-refractivity contribution in [1.29, 1.82) is 0 Å². The van der Waals surface area contributed by atoms with Crippen molar-refractivity contribution in [1.82, 2.24) is 0 Å². The van der Waals surface area contributed by atoms with E-state index in [0.29, 0.717) is 17.2 Å². The molecule has 0 aliphatic carbocycles. The van der Waals surface area contributed by atoms with Crippen molar-refractivity contribution < 1.29 is 28.3 Å². The minimum Gasteiger partial charge on any atom is -0.409 e. The average molecular weight is 432 g/mol. The topological polar surface area (TPSA) is 88.4 Å². The zero-order chi connectivity index (χ0) is 18.6. The third kappa shape index (κ3) is 11.1. The normalized spacial score (nSPS) is 9.67. The van der Waals surface area contributed by atoms with Gasteiger partial charge in [-0.1, -0.05) is 54.6 Å². The Labute approximate surface area is 203 Å². The SMILES string of the molecule is OP(O)O.[KH].c1ccc(OP(Oc2ccccc2)Oc2ccccc2)cc1. The molecule has 0 spiro atoms. The molecule has 0 saturated carbocycles. The fourth-order valence-electron chi connectivity index (χ4n) is 1.76. The van der Waals surface area contributed by atoms with Crippen LogP contribution in [0.4, 0.5) is 0 Å². The van der Waals surface area contributed by atoms with Crippen LogP contribution >= 0.6 is 17.2 Å². The second kappa shape index (κ2) is 14.4. The van der Waals surface area contributed by atoms with E-state index < -0.39 is 17.2 Å². The Morgan fingerprint density at radius 1 is 0.481 bits per heavy atom. The van der Waals surface area contributed by atoms with E-state index in [-0.39, 0.29) is 51.4 Å².